The highest BCUT2D eigenvalue weighted by Crippen LogP contribution is 2.32. The normalized spacial score (nSPS) is 11.5. The molecule has 142 valence electrons. The van der Waals surface area contributed by atoms with Crippen LogP contribution in [0.15, 0.2) is 59.8 Å². The lowest BCUT2D eigenvalue weighted by molar-refractivity contribution is 0.871. The van der Waals surface area contributed by atoms with Crippen molar-refractivity contribution < 1.29 is 0 Å². The zero-order valence-corrected chi connectivity index (χ0v) is 15.7. The molecule has 0 aliphatic rings. The predicted molar refractivity (Wildman–Crippen MR) is 112 cm³/mol. The van der Waals surface area contributed by atoms with Crippen LogP contribution in [-0.4, -0.2) is 14.6 Å². The minimum absolute atomic E-state index is 0.108. The summed E-state index contributed by atoms with van der Waals surface area (Å²) >= 11 is 0. The fraction of sp³-hybridized carbons (Fsp3) is 0.0476. The van der Waals surface area contributed by atoms with Crippen molar-refractivity contribution in [2.24, 2.45) is 10.9 Å². The Balaban J connectivity index is 2.06. The van der Waals surface area contributed by atoms with Crippen LogP contribution in [0.3, 0.4) is 0 Å². The van der Waals surface area contributed by atoms with E-state index >= 15 is 0 Å². The maximum atomic E-state index is 9.07. The van der Waals surface area contributed by atoms with Crippen LogP contribution in [0.5, 0.6) is 0 Å². The number of fused-ring (bicyclic) bond motifs is 1. The zero-order chi connectivity index (χ0) is 20.5. The maximum Gasteiger partial charge on any atom is 0.213 e. The second kappa shape index (κ2) is 6.98. The fourth-order valence-corrected chi connectivity index (χ4v) is 3.31. The third-order valence-corrected chi connectivity index (χ3v) is 4.80. The average molecular weight is 382 g/mol. The highest BCUT2D eigenvalue weighted by Gasteiger charge is 2.17. The lowest BCUT2D eigenvalue weighted by atomic mass is 10.00. The first-order chi connectivity index (χ1) is 14.0. The van der Waals surface area contributed by atoms with Crippen molar-refractivity contribution in [3.05, 3.63) is 71.3 Å². The molecular weight excluding hydrogens is 364 g/mol. The molecular formula is C21H18N8. The first-order valence-corrected chi connectivity index (χ1v) is 8.81. The average Bonchev–Trinajstić information content (AvgIpc) is 2.74. The maximum absolute atomic E-state index is 9.07. The van der Waals surface area contributed by atoms with Gasteiger partial charge in [-0.3, -0.25) is 4.98 Å². The minimum Gasteiger partial charge on any atom is -0.380 e. The van der Waals surface area contributed by atoms with Gasteiger partial charge < -0.3 is 17.4 Å². The topological polar surface area (TPSA) is 145 Å². The first kappa shape index (κ1) is 18.0. The van der Waals surface area contributed by atoms with E-state index in [1.807, 2.05) is 31.2 Å². The number of aryl methyl sites for hydroxylation is 1. The molecule has 0 saturated carbocycles. The van der Waals surface area contributed by atoms with E-state index in [9.17, 15) is 0 Å². The van der Waals surface area contributed by atoms with Gasteiger partial charge in [0.2, 0.25) is 5.49 Å². The van der Waals surface area contributed by atoms with Gasteiger partial charge in [-0.15, -0.1) is 0 Å². The molecule has 0 amide bonds. The summed E-state index contributed by atoms with van der Waals surface area (Å²) in [6.45, 7) is 2.02. The molecule has 2 aromatic carbocycles. The zero-order valence-electron chi connectivity index (χ0n) is 15.7. The molecule has 8 heteroatoms. The van der Waals surface area contributed by atoms with Crippen molar-refractivity contribution in [1.29, 1.82) is 5.26 Å². The quantitative estimate of drug-likeness (QED) is 0.357. The van der Waals surface area contributed by atoms with Gasteiger partial charge in [-0.1, -0.05) is 18.2 Å². The van der Waals surface area contributed by atoms with E-state index in [2.05, 4.69) is 21.1 Å². The van der Waals surface area contributed by atoms with Crippen LogP contribution in [0.4, 0.5) is 5.82 Å². The molecule has 0 atom stereocenters. The van der Waals surface area contributed by atoms with Crippen LogP contribution in [0.1, 0.15) is 11.1 Å². The Bertz CT molecular complexity index is 1340. The summed E-state index contributed by atoms with van der Waals surface area (Å²) in [7, 11) is 0. The highest BCUT2D eigenvalue weighted by molar-refractivity contribution is 5.89. The van der Waals surface area contributed by atoms with Crippen molar-refractivity contribution in [1.82, 2.24) is 14.6 Å². The summed E-state index contributed by atoms with van der Waals surface area (Å²) in [5, 5.41) is 13.8. The molecule has 0 radical (unpaired) electrons. The molecule has 0 aliphatic carbocycles. The number of nitrogens with two attached hydrogens (primary N) is 3. The predicted octanol–water partition coefficient (Wildman–Crippen LogP) is 2.02. The molecule has 0 spiro atoms. The summed E-state index contributed by atoms with van der Waals surface area (Å²) < 4.78 is 1.34. The Morgan fingerprint density at radius 3 is 2.48 bits per heavy atom. The molecule has 6 N–H and O–H groups in total. The minimum atomic E-state index is 0.108. The van der Waals surface area contributed by atoms with Crippen LogP contribution in [0.25, 0.3) is 33.4 Å². The third kappa shape index (κ3) is 3.00. The van der Waals surface area contributed by atoms with E-state index in [1.165, 1.54) is 4.68 Å². The highest BCUT2D eigenvalue weighted by atomic mass is 15.3. The van der Waals surface area contributed by atoms with E-state index in [0.717, 1.165) is 27.6 Å². The number of benzene rings is 2. The Morgan fingerprint density at radius 1 is 1.07 bits per heavy atom. The van der Waals surface area contributed by atoms with Crippen molar-refractivity contribution in [2.75, 3.05) is 11.6 Å². The number of anilines is 1. The number of hydrogen-bond donors (Lipinski definition) is 3. The number of pyridine rings is 1. The molecule has 8 nitrogen and oxygen atoms in total. The Hall–Kier alpha value is -4.38. The Labute approximate surface area is 166 Å². The molecule has 0 aliphatic heterocycles. The van der Waals surface area contributed by atoms with Crippen LogP contribution in [0.2, 0.25) is 0 Å². The number of aromatic nitrogens is 3. The monoisotopic (exact) mass is 382 g/mol. The number of hydrogen-bond acceptors (Lipinski definition) is 7. The largest absolute Gasteiger partial charge is 0.380 e. The van der Waals surface area contributed by atoms with Crippen molar-refractivity contribution in [3.63, 3.8) is 0 Å². The molecule has 4 aromatic rings. The number of nitrogen functional groups attached to an aromatic ring is 2. The number of nitriles is 1. The molecule has 0 bridgehead atoms. The fourth-order valence-electron chi connectivity index (χ4n) is 3.31. The van der Waals surface area contributed by atoms with Gasteiger partial charge in [0.05, 0.1) is 28.5 Å². The van der Waals surface area contributed by atoms with E-state index in [1.54, 1.807) is 30.5 Å². The molecule has 2 aromatic heterocycles. The standard InChI is InChI=1S/C21H18N8/c1-12-8-9-26-17-7-6-15(10-16(12)17)19-18(14-4-2-13(11-22)3-5-14)27-20(23)21(28-24)29(19)25/h2-10H,24-25H2,1H3,(H2,23,27)/b28-21-. The van der Waals surface area contributed by atoms with Gasteiger partial charge in [-0.25, -0.2) is 9.66 Å². The summed E-state index contributed by atoms with van der Waals surface area (Å²) in [5.74, 6) is 12.0. The lowest BCUT2D eigenvalue weighted by Crippen LogP contribution is -2.34. The van der Waals surface area contributed by atoms with Gasteiger partial charge in [0, 0.05) is 22.7 Å². The Kier molecular flexibility index (Phi) is 4.33. The van der Waals surface area contributed by atoms with Gasteiger partial charge in [0.15, 0.2) is 5.82 Å². The lowest BCUT2D eigenvalue weighted by Gasteiger charge is -2.16. The van der Waals surface area contributed by atoms with Crippen molar-refractivity contribution in [3.8, 4) is 28.6 Å². The number of nitrogens with zero attached hydrogens (tertiary/aromatic N) is 5. The van der Waals surface area contributed by atoms with E-state index in [4.69, 9.17) is 22.7 Å². The second-order valence-electron chi connectivity index (χ2n) is 6.57. The molecule has 29 heavy (non-hydrogen) atoms. The van der Waals surface area contributed by atoms with Gasteiger partial charge in [0.25, 0.3) is 0 Å². The summed E-state index contributed by atoms with van der Waals surface area (Å²) in [4.78, 5) is 8.92. The molecule has 2 heterocycles. The van der Waals surface area contributed by atoms with Crippen LogP contribution < -0.4 is 22.9 Å². The van der Waals surface area contributed by atoms with Crippen LogP contribution in [0, 0.1) is 18.3 Å². The van der Waals surface area contributed by atoms with E-state index in [-0.39, 0.29) is 11.3 Å². The van der Waals surface area contributed by atoms with Gasteiger partial charge >= 0.3 is 0 Å². The SMILES string of the molecule is Cc1ccnc2ccc(-c3c(-c4ccc(C#N)cc4)nc(N)/c(=N/N)n3N)cc12. The summed E-state index contributed by atoms with van der Waals surface area (Å²) in [6.07, 6.45) is 1.78. The molecule has 0 saturated heterocycles. The van der Waals surface area contributed by atoms with Gasteiger partial charge in [0.1, 0.15) is 0 Å². The summed E-state index contributed by atoms with van der Waals surface area (Å²) in [6, 6.07) is 16.9. The second-order valence-corrected chi connectivity index (χ2v) is 6.57. The van der Waals surface area contributed by atoms with Crippen LogP contribution in [-0.2, 0) is 0 Å². The van der Waals surface area contributed by atoms with Crippen molar-refractivity contribution >= 4 is 16.7 Å². The van der Waals surface area contributed by atoms with Gasteiger partial charge in [-0.2, -0.15) is 10.4 Å². The summed E-state index contributed by atoms with van der Waals surface area (Å²) in [5.41, 5.74) is 11.4. The van der Waals surface area contributed by atoms with Crippen molar-refractivity contribution in [2.45, 2.75) is 6.92 Å². The first-order valence-electron chi connectivity index (χ1n) is 8.81. The Morgan fingerprint density at radius 2 is 1.79 bits per heavy atom. The molecule has 0 unspecified atom stereocenters. The smallest absolute Gasteiger partial charge is 0.213 e. The van der Waals surface area contributed by atoms with E-state index < -0.39 is 0 Å². The molecule has 4 rings (SSSR count). The van der Waals surface area contributed by atoms with Crippen LogP contribution >= 0.6 is 0 Å². The third-order valence-electron chi connectivity index (χ3n) is 4.80. The number of rotatable bonds is 2. The van der Waals surface area contributed by atoms with Gasteiger partial charge in [-0.05, 0) is 42.8 Å². The molecule has 0 fully saturated rings. The van der Waals surface area contributed by atoms with E-state index in [0.29, 0.717) is 17.0 Å².